The summed E-state index contributed by atoms with van der Waals surface area (Å²) in [5.74, 6) is 0.883. The third-order valence-electron chi connectivity index (χ3n) is 2.37. The highest BCUT2D eigenvalue weighted by Crippen LogP contribution is 2.14. The van der Waals surface area contributed by atoms with Crippen molar-refractivity contribution in [2.45, 2.75) is 32.3 Å². The average Bonchev–Trinajstić information content (AvgIpc) is 2.34. The molecule has 0 amide bonds. The zero-order valence-corrected chi connectivity index (χ0v) is 9.72. The van der Waals surface area contributed by atoms with Crippen LogP contribution in [0.2, 0.25) is 0 Å². The lowest BCUT2D eigenvalue weighted by molar-refractivity contribution is 0.0886. The van der Waals surface area contributed by atoms with Crippen molar-refractivity contribution in [3.05, 3.63) is 29.8 Å². The van der Waals surface area contributed by atoms with Crippen LogP contribution in [0, 0.1) is 0 Å². The van der Waals surface area contributed by atoms with E-state index in [0.717, 1.165) is 30.8 Å². The minimum absolute atomic E-state index is 0.169. The number of aliphatic hydroxyl groups is 2. The van der Waals surface area contributed by atoms with Gasteiger partial charge >= 0.3 is 0 Å². The van der Waals surface area contributed by atoms with Crippen LogP contribution in [0.15, 0.2) is 24.3 Å². The molecule has 0 aliphatic carbocycles. The van der Waals surface area contributed by atoms with E-state index in [2.05, 4.69) is 6.92 Å². The van der Waals surface area contributed by atoms with Crippen LogP contribution in [0.5, 0.6) is 5.75 Å². The van der Waals surface area contributed by atoms with Gasteiger partial charge in [0.05, 0.1) is 19.3 Å². The van der Waals surface area contributed by atoms with E-state index >= 15 is 0 Å². The predicted molar refractivity (Wildman–Crippen MR) is 63.6 cm³/mol. The molecule has 0 saturated heterocycles. The van der Waals surface area contributed by atoms with Gasteiger partial charge in [0.1, 0.15) is 5.75 Å². The highest BCUT2D eigenvalue weighted by molar-refractivity contribution is 5.27. The molecule has 3 nitrogen and oxygen atoms in total. The molecule has 1 atom stereocenters. The average molecular weight is 224 g/mol. The zero-order chi connectivity index (χ0) is 11.8. The summed E-state index contributed by atoms with van der Waals surface area (Å²) in [6, 6.07) is 7.87. The van der Waals surface area contributed by atoms with E-state index in [4.69, 9.17) is 9.84 Å². The Morgan fingerprint density at radius 3 is 2.50 bits per heavy atom. The normalized spacial score (nSPS) is 12.4. The molecular formula is C13H20O3. The van der Waals surface area contributed by atoms with Crippen LogP contribution in [-0.4, -0.2) is 29.5 Å². The van der Waals surface area contributed by atoms with E-state index in [1.165, 1.54) is 0 Å². The molecule has 0 spiro atoms. The van der Waals surface area contributed by atoms with Crippen molar-refractivity contribution < 1.29 is 14.9 Å². The summed E-state index contributed by atoms with van der Waals surface area (Å²) >= 11 is 0. The van der Waals surface area contributed by atoms with Crippen LogP contribution < -0.4 is 4.74 Å². The molecule has 3 heteroatoms. The molecule has 0 saturated carbocycles. The first-order chi connectivity index (χ1) is 7.76. The second-order valence-corrected chi connectivity index (χ2v) is 3.87. The third kappa shape index (κ3) is 4.64. The fourth-order valence-corrected chi connectivity index (χ4v) is 1.40. The molecule has 1 aromatic carbocycles. The smallest absolute Gasteiger partial charge is 0.119 e. The standard InChI is InChI=1S/C13H20O3/c1-2-9-16-13-7-4-11(5-8-13)3-6-12(15)10-14/h4-5,7-8,12,14-15H,2-3,6,9-10H2,1H3. The first-order valence-corrected chi connectivity index (χ1v) is 5.77. The highest BCUT2D eigenvalue weighted by atomic mass is 16.5. The minimum atomic E-state index is -0.615. The Morgan fingerprint density at radius 1 is 1.25 bits per heavy atom. The molecule has 2 N–H and O–H groups in total. The minimum Gasteiger partial charge on any atom is -0.494 e. The van der Waals surface area contributed by atoms with Gasteiger partial charge in [0.25, 0.3) is 0 Å². The summed E-state index contributed by atoms with van der Waals surface area (Å²) < 4.78 is 5.47. The first kappa shape index (κ1) is 13.0. The molecule has 0 fully saturated rings. The van der Waals surface area contributed by atoms with E-state index in [-0.39, 0.29) is 6.61 Å². The van der Waals surface area contributed by atoms with Gasteiger partial charge in [-0.2, -0.15) is 0 Å². The maximum atomic E-state index is 9.22. The monoisotopic (exact) mass is 224 g/mol. The van der Waals surface area contributed by atoms with Gasteiger partial charge in [0.15, 0.2) is 0 Å². The lowest BCUT2D eigenvalue weighted by atomic mass is 10.1. The van der Waals surface area contributed by atoms with Crippen molar-refractivity contribution in [2.75, 3.05) is 13.2 Å². The summed E-state index contributed by atoms with van der Waals surface area (Å²) in [5.41, 5.74) is 1.15. The third-order valence-corrected chi connectivity index (χ3v) is 2.37. The Balaban J connectivity index is 2.38. The Hall–Kier alpha value is -1.06. The van der Waals surface area contributed by atoms with Crippen molar-refractivity contribution in [1.29, 1.82) is 0 Å². The quantitative estimate of drug-likeness (QED) is 0.742. The lowest BCUT2D eigenvalue weighted by Gasteiger charge is -2.08. The lowest BCUT2D eigenvalue weighted by Crippen LogP contribution is -2.12. The van der Waals surface area contributed by atoms with Crippen molar-refractivity contribution in [3.8, 4) is 5.75 Å². The van der Waals surface area contributed by atoms with Gasteiger partial charge in [0, 0.05) is 0 Å². The molecule has 0 aliphatic heterocycles. The van der Waals surface area contributed by atoms with E-state index in [9.17, 15) is 5.11 Å². The van der Waals surface area contributed by atoms with E-state index in [0.29, 0.717) is 6.42 Å². The fraction of sp³-hybridized carbons (Fsp3) is 0.538. The van der Waals surface area contributed by atoms with Crippen LogP contribution >= 0.6 is 0 Å². The first-order valence-electron chi connectivity index (χ1n) is 5.77. The maximum Gasteiger partial charge on any atom is 0.119 e. The molecule has 0 radical (unpaired) electrons. The summed E-state index contributed by atoms with van der Waals surface area (Å²) in [7, 11) is 0. The predicted octanol–water partition coefficient (Wildman–Crippen LogP) is 1.76. The van der Waals surface area contributed by atoms with Gasteiger partial charge in [0.2, 0.25) is 0 Å². The molecule has 0 heterocycles. The number of hydrogen-bond acceptors (Lipinski definition) is 3. The molecule has 90 valence electrons. The highest BCUT2D eigenvalue weighted by Gasteiger charge is 2.02. The number of aliphatic hydroxyl groups excluding tert-OH is 2. The Morgan fingerprint density at radius 2 is 1.94 bits per heavy atom. The number of ether oxygens (including phenoxy) is 1. The summed E-state index contributed by atoms with van der Waals surface area (Å²) in [6.07, 6.45) is 1.75. The number of aryl methyl sites for hydroxylation is 1. The molecule has 0 aromatic heterocycles. The van der Waals surface area contributed by atoms with Crippen molar-refractivity contribution >= 4 is 0 Å². The molecule has 16 heavy (non-hydrogen) atoms. The largest absolute Gasteiger partial charge is 0.494 e. The Labute approximate surface area is 96.7 Å². The molecule has 0 aliphatic rings. The maximum absolute atomic E-state index is 9.22. The van der Waals surface area contributed by atoms with Crippen LogP contribution in [0.1, 0.15) is 25.3 Å². The molecule has 1 unspecified atom stereocenters. The topological polar surface area (TPSA) is 49.7 Å². The molecule has 0 bridgehead atoms. The molecule has 1 rings (SSSR count). The van der Waals surface area contributed by atoms with Gasteiger partial charge in [-0.3, -0.25) is 0 Å². The van der Waals surface area contributed by atoms with Gasteiger partial charge < -0.3 is 14.9 Å². The Kier molecular flexibility index (Phi) is 5.90. The summed E-state index contributed by atoms with van der Waals surface area (Å²) in [4.78, 5) is 0. The Bertz CT molecular complexity index is 282. The van der Waals surface area contributed by atoms with Gasteiger partial charge in [-0.25, -0.2) is 0 Å². The number of benzene rings is 1. The van der Waals surface area contributed by atoms with Crippen LogP contribution in [-0.2, 0) is 6.42 Å². The number of rotatable bonds is 7. The number of hydrogen-bond donors (Lipinski definition) is 2. The van der Waals surface area contributed by atoms with Crippen molar-refractivity contribution in [3.63, 3.8) is 0 Å². The van der Waals surface area contributed by atoms with Crippen molar-refractivity contribution in [2.24, 2.45) is 0 Å². The van der Waals surface area contributed by atoms with E-state index < -0.39 is 6.10 Å². The van der Waals surface area contributed by atoms with Gasteiger partial charge in [-0.15, -0.1) is 0 Å². The van der Waals surface area contributed by atoms with Gasteiger partial charge in [-0.05, 0) is 37.0 Å². The van der Waals surface area contributed by atoms with Crippen LogP contribution in [0.4, 0.5) is 0 Å². The van der Waals surface area contributed by atoms with Gasteiger partial charge in [-0.1, -0.05) is 19.1 Å². The fourth-order valence-electron chi connectivity index (χ4n) is 1.40. The van der Waals surface area contributed by atoms with E-state index in [1.807, 2.05) is 24.3 Å². The summed E-state index contributed by atoms with van der Waals surface area (Å²) in [5, 5.41) is 17.9. The summed E-state index contributed by atoms with van der Waals surface area (Å²) in [6.45, 7) is 2.64. The SMILES string of the molecule is CCCOc1ccc(CCC(O)CO)cc1. The van der Waals surface area contributed by atoms with Crippen LogP contribution in [0.25, 0.3) is 0 Å². The van der Waals surface area contributed by atoms with Crippen LogP contribution in [0.3, 0.4) is 0 Å². The zero-order valence-electron chi connectivity index (χ0n) is 9.72. The van der Waals surface area contributed by atoms with E-state index in [1.54, 1.807) is 0 Å². The second kappa shape index (κ2) is 7.25. The molecule has 1 aromatic rings. The molecular weight excluding hydrogens is 204 g/mol. The second-order valence-electron chi connectivity index (χ2n) is 3.87. The van der Waals surface area contributed by atoms with Crippen molar-refractivity contribution in [1.82, 2.24) is 0 Å².